The lowest BCUT2D eigenvalue weighted by atomic mass is 10.2. The highest BCUT2D eigenvalue weighted by Crippen LogP contribution is 2.15. The maximum Gasteiger partial charge on any atom is 0.242 e. The second kappa shape index (κ2) is 4.82. The smallest absolute Gasteiger partial charge is 0.242 e. The van der Waals surface area contributed by atoms with E-state index in [2.05, 4.69) is 15.4 Å². The van der Waals surface area contributed by atoms with Crippen LogP contribution in [0.2, 0.25) is 0 Å². The van der Waals surface area contributed by atoms with Crippen LogP contribution in [0.3, 0.4) is 0 Å². The zero-order valence-corrected chi connectivity index (χ0v) is 9.75. The minimum absolute atomic E-state index is 0.128. The van der Waals surface area contributed by atoms with Crippen LogP contribution < -0.4 is 5.32 Å². The van der Waals surface area contributed by atoms with E-state index >= 15 is 0 Å². The van der Waals surface area contributed by atoms with Gasteiger partial charge in [0.1, 0.15) is 30.7 Å². The molecule has 17 heavy (non-hydrogen) atoms. The summed E-state index contributed by atoms with van der Waals surface area (Å²) in [4.78, 5) is 15.4. The van der Waals surface area contributed by atoms with Crippen LogP contribution in [0.5, 0.6) is 0 Å². The van der Waals surface area contributed by atoms with Crippen molar-refractivity contribution in [2.45, 2.75) is 26.4 Å². The molecule has 0 bridgehead atoms. The van der Waals surface area contributed by atoms with E-state index in [-0.39, 0.29) is 18.5 Å². The number of rotatable bonds is 4. The van der Waals surface area contributed by atoms with E-state index in [0.29, 0.717) is 0 Å². The first-order valence-corrected chi connectivity index (χ1v) is 5.33. The molecule has 6 heteroatoms. The Morgan fingerprint density at radius 1 is 1.59 bits per heavy atom. The standard InChI is InChI=1S/C11H14N4O2/c1-8-3-4-10(17-8)9(2)14-11(16)5-15-7-12-6-13-15/h3-4,6-7,9H,5H2,1-2H3,(H,14,16). The number of nitrogens with one attached hydrogen (secondary N) is 1. The van der Waals surface area contributed by atoms with Crippen LogP contribution in [-0.4, -0.2) is 20.7 Å². The van der Waals surface area contributed by atoms with Gasteiger partial charge in [-0.1, -0.05) is 0 Å². The fourth-order valence-electron chi connectivity index (χ4n) is 1.51. The molecule has 0 aliphatic heterocycles. The molecule has 0 aromatic carbocycles. The van der Waals surface area contributed by atoms with Crippen molar-refractivity contribution in [2.24, 2.45) is 0 Å². The molecule has 2 rings (SSSR count). The van der Waals surface area contributed by atoms with Gasteiger partial charge >= 0.3 is 0 Å². The Bertz CT molecular complexity index is 489. The van der Waals surface area contributed by atoms with Crippen molar-refractivity contribution < 1.29 is 9.21 Å². The van der Waals surface area contributed by atoms with Crippen molar-refractivity contribution >= 4 is 5.91 Å². The summed E-state index contributed by atoms with van der Waals surface area (Å²) in [6.45, 7) is 3.90. The minimum Gasteiger partial charge on any atom is -0.464 e. The average Bonchev–Trinajstić information content (AvgIpc) is 2.89. The summed E-state index contributed by atoms with van der Waals surface area (Å²) >= 11 is 0. The molecule has 2 heterocycles. The molecule has 0 saturated heterocycles. The van der Waals surface area contributed by atoms with E-state index in [1.54, 1.807) is 0 Å². The summed E-state index contributed by atoms with van der Waals surface area (Å²) < 4.78 is 6.90. The second-order valence-corrected chi connectivity index (χ2v) is 3.83. The van der Waals surface area contributed by atoms with Gasteiger partial charge in [-0.3, -0.25) is 4.79 Å². The molecule has 0 aliphatic rings. The summed E-state index contributed by atoms with van der Waals surface area (Å²) in [6, 6.07) is 3.57. The highest BCUT2D eigenvalue weighted by Gasteiger charge is 2.12. The van der Waals surface area contributed by atoms with Crippen LogP contribution in [0.1, 0.15) is 24.5 Å². The Hall–Kier alpha value is -2.11. The summed E-state index contributed by atoms with van der Waals surface area (Å²) in [7, 11) is 0. The highest BCUT2D eigenvalue weighted by molar-refractivity contribution is 5.75. The van der Waals surface area contributed by atoms with Crippen molar-refractivity contribution in [3.05, 3.63) is 36.3 Å². The molecule has 0 aliphatic carbocycles. The van der Waals surface area contributed by atoms with Gasteiger partial charge in [0.2, 0.25) is 5.91 Å². The number of carbonyl (C=O) groups excluding carboxylic acids is 1. The molecule has 1 N–H and O–H groups in total. The van der Waals surface area contributed by atoms with Gasteiger partial charge in [-0.15, -0.1) is 0 Å². The predicted molar refractivity (Wildman–Crippen MR) is 60.0 cm³/mol. The van der Waals surface area contributed by atoms with Crippen LogP contribution >= 0.6 is 0 Å². The number of hydrogen-bond donors (Lipinski definition) is 1. The van der Waals surface area contributed by atoms with Crippen molar-refractivity contribution in [2.75, 3.05) is 0 Å². The lowest BCUT2D eigenvalue weighted by Gasteiger charge is -2.11. The van der Waals surface area contributed by atoms with Crippen molar-refractivity contribution in [3.63, 3.8) is 0 Å². The van der Waals surface area contributed by atoms with Crippen molar-refractivity contribution in [1.82, 2.24) is 20.1 Å². The van der Waals surface area contributed by atoms with Crippen LogP contribution in [0, 0.1) is 6.92 Å². The Morgan fingerprint density at radius 2 is 2.41 bits per heavy atom. The quantitative estimate of drug-likeness (QED) is 0.858. The molecule has 0 radical (unpaired) electrons. The average molecular weight is 234 g/mol. The Balaban J connectivity index is 1.90. The molecule has 1 unspecified atom stereocenters. The lowest BCUT2D eigenvalue weighted by Crippen LogP contribution is -2.30. The zero-order valence-electron chi connectivity index (χ0n) is 9.75. The Morgan fingerprint density at radius 3 is 3.00 bits per heavy atom. The molecule has 0 spiro atoms. The molecule has 90 valence electrons. The molecule has 2 aromatic heterocycles. The SMILES string of the molecule is Cc1ccc(C(C)NC(=O)Cn2cncn2)o1. The van der Waals surface area contributed by atoms with Gasteiger partial charge in [0, 0.05) is 0 Å². The van der Waals surface area contributed by atoms with E-state index in [0.717, 1.165) is 11.5 Å². The van der Waals surface area contributed by atoms with Gasteiger partial charge in [-0.2, -0.15) is 5.10 Å². The van der Waals surface area contributed by atoms with Gasteiger partial charge in [-0.05, 0) is 26.0 Å². The number of amides is 1. The van der Waals surface area contributed by atoms with E-state index in [1.165, 1.54) is 17.3 Å². The molecular formula is C11H14N4O2. The van der Waals surface area contributed by atoms with Crippen molar-refractivity contribution in [1.29, 1.82) is 0 Å². The lowest BCUT2D eigenvalue weighted by molar-refractivity contribution is -0.122. The maximum atomic E-state index is 11.7. The normalized spacial score (nSPS) is 12.4. The summed E-state index contributed by atoms with van der Waals surface area (Å²) in [6.07, 6.45) is 2.90. The number of aryl methyl sites for hydroxylation is 1. The third-order valence-electron chi connectivity index (χ3n) is 2.34. The molecule has 0 fully saturated rings. The molecule has 1 atom stereocenters. The number of aromatic nitrogens is 3. The van der Waals surface area contributed by atoms with Gasteiger partial charge in [-0.25, -0.2) is 9.67 Å². The molecule has 0 saturated carbocycles. The fourth-order valence-corrected chi connectivity index (χ4v) is 1.51. The van der Waals surface area contributed by atoms with E-state index in [4.69, 9.17) is 4.42 Å². The zero-order chi connectivity index (χ0) is 12.3. The predicted octanol–water partition coefficient (Wildman–Crippen LogP) is 1.06. The van der Waals surface area contributed by atoms with Crippen molar-refractivity contribution in [3.8, 4) is 0 Å². The largest absolute Gasteiger partial charge is 0.464 e. The minimum atomic E-state index is -0.153. The number of furan rings is 1. The molecule has 2 aromatic rings. The van der Waals surface area contributed by atoms with Gasteiger partial charge < -0.3 is 9.73 Å². The van der Waals surface area contributed by atoms with Crippen LogP contribution in [0.25, 0.3) is 0 Å². The number of hydrogen-bond acceptors (Lipinski definition) is 4. The number of carbonyl (C=O) groups is 1. The fraction of sp³-hybridized carbons (Fsp3) is 0.364. The molecular weight excluding hydrogens is 220 g/mol. The van der Waals surface area contributed by atoms with E-state index in [1.807, 2.05) is 26.0 Å². The monoisotopic (exact) mass is 234 g/mol. The summed E-state index contributed by atoms with van der Waals surface area (Å²) in [5.41, 5.74) is 0. The van der Waals surface area contributed by atoms with E-state index in [9.17, 15) is 4.79 Å². The Kier molecular flexibility index (Phi) is 3.22. The van der Waals surface area contributed by atoms with Gasteiger partial charge in [0.05, 0.1) is 6.04 Å². The Labute approximate surface area is 98.6 Å². The van der Waals surface area contributed by atoms with Crippen LogP contribution in [-0.2, 0) is 11.3 Å². The summed E-state index contributed by atoms with van der Waals surface area (Å²) in [5.74, 6) is 1.45. The highest BCUT2D eigenvalue weighted by atomic mass is 16.3. The molecule has 6 nitrogen and oxygen atoms in total. The first kappa shape index (κ1) is 11.4. The first-order valence-electron chi connectivity index (χ1n) is 5.33. The third kappa shape index (κ3) is 2.93. The van der Waals surface area contributed by atoms with Gasteiger partial charge in [0.15, 0.2) is 0 Å². The third-order valence-corrected chi connectivity index (χ3v) is 2.34. The van der Waals surface area contributed by atoms with Gasteiger partial charge in [0.25, 0.3) is 0 Å². The maximum absolute atomic E-state index is 11.7. The van der Waals surface area contributed by atoms with Crippen LogP contribution in [0.15, 0.2) is 29.2 Å². The first-order chi connectivity index (χ1) is 8.15. The van der Waals surface area contributed by atoms with Crippen LogP contribution in [0.4, 0.5) is 0 Å². The molecule has 1 amide bonds. The van der Waals surface area contributed by atoms with E-state index < -0.39 is 0 Å². The second-order valence-electron chi connectivity index (χ2n) is 3.83. The topological polar surface area (TPSA) is 73.0 Å². The number of nitrogens with zero attached hydrogens (tertiary/aromatic N) is 3. The summed E-state index contributed by atoms with van der Waals surface area (Å²) in [5, 5.41) is 6.69.